The summed E-state index contributed by atoms with van der Waals surface area (Å²) in [5, 5.41) is 5.64. The third-order valence-electron chi connectivity index (χ3n) is 2.84. The second-order valence-electron chi connectivity index (χ2n) is 4.21. The van der Waals surface area contributed by atoms with Crippen molar-refractivity contribution in [3.05, 3.63) is 29.8 Å². The molecule has 2 N–H and O–H groups in total. The van der Waals surface area contributed by atoms with Gasteiger partial charge in [0.25, 0.3) is 0 Å². The molecule has 2 rings (SSSR count). The van der Waals surface area contributed by atoms with Crippen molar-refractivity contribution >= 4 is 11.6 Å². The van der Waals surface area contributed by atoms with Gasteiger partial charge in [-0.3, -0.25) is 4.79 Å². The molecule has 1 atom stereocenters. The van der Waals surface area contributed by atoms with E-state index in [1.54, 1.807) is 0 Å². The molecule has 0 aromatic heterocycles. The average molecular weight is 258 g/mol. The standard InChI is InChI=1S/C12H13F3N2O/c13-12(14,15)8-3-5-9(6-4-8)17-10-2-1-7-16-11(10)18/h3-6,10,17H,1-2,7H2,(H,16,18). The summed E-state index contributed by atoms with van der Waals surface area (Å²) in [6.07, 6.45) is -2.78. The number of amides is 1. The molecule has 0 bridgehead atoms. The van der Waals surface area contributed by atoms with Gasteiger partial charge in [0.05, 0.1) is 5.56 Å². The van der Waals surface area contributed by atoms with Gasteiger partial charge in [-0.25, -0.2) is 0 Å². The summed E-state index contributed by atoms with van der Waals surface area (Å²) in [5.74, 6) is -0.110. The number of benzene rings is 1. The Hall–Kier alpha value is -1.72. The molecule has 1 saturated heterocycles. The zero-order valence-electron chi connectivity index (χ0n) is 9.55. The number of hydrogen-bond donors (Lipinski definition) is 2. The number of anilines is 1. The zero-order chi connectivity index (χ0) is 13.2. The van der Waals surface area contributed by atoms with Crippen LogP contribution in [-0.2, 0) is 11.0 Å². The Bertz CT molecular complexity index is 428. The number of halogens is 3. The van der Waals surface area contributed by atoms with E-state index in [9.17, 15) is 18.0 Å². The molecule has 1 aliphatic rings. The lowest BCUT2D eigenvalue weighted by Crippen LogP contribution is -2.44. The van der Waals surface area contributed by atoms with Crippen molar-refractivity contribution in [2.24, 2.45) is 0 Å². The molecular formula is C12H13F3N2O. The van der Waals surface area contributed by atoms with Crippen LogP contribution in [-0.4, -0.2) is 18.5 Å². The van der Waals surface area contributed by atoms with Gasteiger partial charge in [-0.2, -0.15) is 13.2 Å². The van der Waals surface area contributed by atoms with Crippen LogP contribution in [0.4, 0.5) is 18.9 Å². The van der Waals surface area contributed by atoms with E-state index < -0.39 is 11.7 Å². The molecule has 18 heavy (non-hydrogen) atoms. The molecule has 1 aromatic rings. The monoisotopic (exact) mass is 258 g/mol. The Morgan fingerprint density at radius 2 is 1.89 bits per heavy atom. The molecule has 3 nitrogen and oxygen atoms in total. The van der Waals surface area contributed by atoms with Crippen LogP contribution in [0.3, 0.4) is 0 Å². The molecular weight excluding hydrogens is 245 g/mol. The van der Waals surface area contributed by atoms with Gasteiger partial charge in [0, 0.05) is 12.2 Å². The summed E-state index contributed by atoms with van der Waals surface area (Å²) in [5.41, 5.74) is -0.175. The van der Waals surface area contributed by atoms with E-state index >= 15 is 0 Å². The Kier molecular flexibility index (Phi) is 3.45. The third-order valence-corrected chi connectivity index (χ3v) is 2.84. The highest BCUT2D eigenvalue weighted by Crippen LogP contribution is 2.30. The van der Waals surface area contributed by atoms with Gasteiger partial charge < -0.3 is 10.6 Å². The van der Waals surface area contributed by atoms with Gasteiger partial charge in [0.15, 0.2) is 0 Å². The van der Waals surface area contributed by atoms with Crippen molar-refractivity contribution in [2.75, 3.05) is 11.9 Å². The highest BCUT2D eigenvalue weighted by Gasteiger charge is 2.30. The first-order valence-electron chi connectivity index (χ1n) is 5.68. The zero-order valence-corrected chi connectivity index (χ0v) is 9.55. The highest BCUT2D eigenvalue weighted by atomic mass is 19.4. The Balaban J connectivity index is 2.04. The summed E-state index contributed by atoms with van der Waals surface area (Å²) in [6.45, 7) is 0.657. The lowest BCUT2D eigenvalue weighted by molar-refractivity contribution is -0.137. The van der Waals surface area contributed by atoms with Gasteiger partial charge in [0.2, 0.25) is 5.91 Å². The molecule has 0 saturated carbocycles. The summed E-state index contributed by atoms with van der Waals surface area (Å²) in [7, 11) is 0. The Morgan fingerprint density at radius 1 is 1.22 bits per heavy atom. The van der Waals surface area contributed by atoms with E-state index in [4.69, 9.17) is 0 Å². The van der Waals surface area contributed by atoms with Crippen LogP contribution in [0.2, 0.25) is 0 Å². The number of hydrogen-bond acceptors (Lipinski definition) is 2. The maximum atomic E-state index is 12.4. The predicted molar refractivity (Wildman–Crippen MR) is 61.1 cm³/mol. The van der Waals surface area contributed by atoms with Crippen molar-refractivity contribution < 1.29 is 18.0 Å². The predicted octanol–water partition coefficient (Wildman–Crippen LogP) is 2.40. The fourth-order valence-electron chi connectivity index (χ4n) is 1.87. The molecule has 6 heteroatoms. The van der Waals surface area contributed by atoms with Crippen molar-refractivity contribution in [1.82, 2.24) is 5.32 Å². The first-order chi connectivity index (χ1) is 8.47. The van der Waals surface area contributed by atoms with Crippen LogP contribution < -0.4 is 10.6 Å². The average Bonchev–Trinajstić information content (AvgIpc) is 2.32. The van der Waals surface area contributed by atoms with Crippen LogP contribution in [0, 0.1) is 0 Å². The second kappa shape index (κ2) is 4.88. The van der Waals surface area contributed by atoms with E-state index in [0.29, 0.717) is 18.7 Å². The summed E-state index contributed by atoms with van der Waals surface area (Å²) < 4.78 is 37.1. The molecule has 1 aliphatic heterocycles. The highest BCUT2D eigenvalue weighted by molar-refractivity contribution is 5.85. The topological polar surface area (TPSA) is 41.1 Å². The van der Waals surface area contributed by atoms with Gasteiger partial charge in [-0.05, 0) is 37.1 Å². The SMILES string of the molecule is O=C1NCCCC1Nc1ccc(C(F)(F)F)cc1. The van der Waals surface area contributed by atoms with E-state index in [0.717, 1.165) is 18.6 Å². The molecule has 1 aromatic carbocycles. The first-order valence-corrected chi connectivity index (χ1v) is 5.68. The number of piperidine rings is 1. The van der Waals surface area contributed by atoms with Crippen LogP contribution in [0.15, 0.2) is 24.3 Å². The number of nitrogens with one attached hydrogen (secondary N) is 2. The van der Waals surface area contributed by atoms with Gasteiger partial charge in [-0.15, -0.1) is 0 Å². The summed E-state index contributed by atoms with van der Waals surface area (Å²) in [6, 6.07) is 4.32. The Labute approximate surface area is 102 Å². The van der Waals surface area contributed by atoms with E-state index in [1.165, 1.54) is 12.1 Å². The fraction of sp³-hybridized carbons (Fsp3) is 0.417. The molecule has 1 unspecified atom stereocenters. The summed E-state index contributed by atoms with van der Waals surface area (Å²) in [4.78, 5) is 11.5. The quantitative estimate of drug-likeness (QED) is 0.855. The molecule has 98 valence electrons. The van der Waals surface area contributed by atoms with Gasteiger partial charge in [-0.1, -0.05) is 0 Å². The summed E-state index contributed by atoms with van der Waals surface area (Å²) >= 11 is 0. The lowest BCUT2D eigenvalue weighted by atomic mass is 10.1. The van der Waals surface area contributed by atoms with Gasteiger partial charge >= 0.3 is 6.18 Å². The van der Waals surface area contributed by atoms with E-state index in [-0.39, 0.29) is 11.9 Å². The lowest BCUT2D eigenvalue weighted by Gasteiger charge is -2.23. The molecule has 0 spiro atoms. The first kappa shape index (κ1) is 12.7. The van der Waals surface area contributed by atoms with Crippen LogP contribution >= 0.6 is 0 Å². The normalized spacial score (nSPS) is 20.4. The second-order valence-corrected chi connectivity index (χ2v) is 4.21. The molecule has 1 fully saturated rings. The number of carbonyl (C=O) groups excluding carboxylic acids is 1. The van der Waals surface area contributed by atoms with Crippen molar-refractivity contribution in [1.29, 1.82) is 0 Å². The fourth-order valence-corrected chi connectivity index (χ4v) is 1.87. The molecule has 1 amide bonds. The maximum Gasteiger partial charge on any atom is 0.416 e. The Morgan fingerprint density at radius 3 is 2.44 bits per heavy atom. The van der Waals surface area contributed by atoms with E-state index in [1.807, 2.05) is 0 Å². The minimum absolute atomic E-state index is 0.110. The van der Waals surface area contributed by atoms with Crippen LogP contribution in [0.1, 0.15) is 18.4 Å². The number of rotatable bonds is 2. The van der Waals surface area contributed by atoms with Crippen molar-refractivity contribution in [3.8, 4) is 0 Å². The van der Waals surface area contributed by atoms with Crippen LogP contribution in [0.5, 0.6) is 0 Å². The maximum absolute atomic E-state index is 12.4. The number of carbonyl (C=O) groups is 1. The van der Waals surface area contributed by atoms with Crippen LogP contribution in [0.25, 0.3) is 0 Å². The van der Waals surface area contributed by atoms with Crippen molar-refractivity contribution in [2.45, 2.75) is 25.1 Å². The smallest absolute Gasteiger partial charge is 0.374 e. The minimum atomic E-state index is -4.33. The van der Waals surface area contributed by atoms with Gasteiger partial charge in [0.1, 0.15) is 6.04 Å². The molecule has 0 radical (unpaired) electrons. The number of alkyl halides is 3. The third kappa shape index (κ3) is 2.94. The van der Waals surface area contributed by atoms with E-state index in [2.05, 4.69) is 10.6 Å². The molecule has 1 heterocycles. The molecule has 0 aliphatic carbocycles. The largest absolute Gasteiger partial charge is 0.416 e. The minimum Gasteiger partial charge on any atom is -0.374 e. The van der Waals surface area contributed by atoms with Crippen molar-refractivity contribution in [3.63, 3.8) is 0 Å².